The molecule has 0 radical (unpaired) electrons. The van der Waals surface area contributed by atoms with E-state index in [1.807, 2.05) is 13.8 Å². The van der Waals surface area contributed by atoms with Gasteiger partial charge in [-0.25, -0.2) is 0 Å². The molecule has 0 amide bonds. The molecule has 0 aromatic heterocycles. The van der Waals surface area contributed by atoms with Gasteiger partial charge in [0.15, 0.2) is 0 Å². The van der Waals surface area contributed by atoms with E-state index in [0.29, 0.717) is 13.0 Å². The Kier molecular flexibility index (Phi) is 2.52. The van der Waals surface area contributed by atoms with Gasteiger partial charge in [-0.05, 0) is 13.0 Å². The van der Waals surface area contributed by atoms with Crippen LogP contribution in [0.1, 0.15) is 27.2 Å². The lowest BCUT2D eigenvalue weighted by atomic mass is 10.2. The number of carbonyl (C=O) groups is 1. The van der Waals surface area contributed by atoms with Gasteiger partial charge in [-0.1, -0.05) is 0 Å². The van der Waals surface area contributed by atoms with Crippen LogP contribution in [0.15, 0.2) is 11.8 Å². The second-order valence-corrected chi connectivity index (χ2v) is 3.36. The average molecular weight is 170 g/mol. The molecule has 1 rings (SSSR count). The first-order valence-corrected chi connectivity index (χ1v) is 4.01. The Balaban J connectivity index is 2.56. The lowest BCUT2D eigenvalue weighted by molar-refractivity contribution is -0.197. The molecule has 3 heteroatoms. The molecule has 12 heavy (non-hydrogen) atoms. The summed E-state index contributed by atoms with van der Waals surface area (Å²) < 4.78 is 10.7. The summed E-state index contributed by atoms with van der Waals surface area (Å²) in [6.45, 7) is 5.74. The number of rotatable bonds is 2. The maximum absolute atomic E-state index is 10.8. The van der Waals surface area contributed by atoms with Crippen LogP contribution >= 0.6 is 0 Å². The fourth-order valence-electron chi connectivity index (χ4n) is 1.08. The molecule has 0 N–H and O–H groups in total. The van der Waals surface area contributed by atoms with E-state index in [1.54, 1.807) is 13.0 Å². The number of ether oxygens (including phenoxy) is 2. The molecule has 0 aromatic rings. The highest BCUT2D eigenvalue weighted by Crippen LogP contribution is 2.22. The summed E-state index contributed by atoms with van der Waals surface area (Å²) in [6, 6.07) is 0. The van der Waals surface area contributed by atoms with Crippen molar-refractivity contribution in [1.29, 1.82) is 0 Å². The Morgan fingerprint density at radius 2 is 2.33 bits per heavy atom. The Labute approximate surface area is 72.4 Å². The second kappa shape index (κ2) is 3.27. The van der Waals surface area contributed by atoms with Crippen molar-refractivity contribution in [2.75, 3.05) is 6.61 Å². The third kappa shape index (κ3) is 2.66. The van der Waals surface area contributed by atoms with E-state index >= 15 is 0 Å². The van der Waals surface area contributed by atoms with Crippen LogP contribution < -0.4 is 0 Å². The highest BCUT2D eigenvalue weighted by atomic mass is 16.7. The molecule has 0 aliphatic carbocycles. The van der Waals surface area contributed by atoms with Crippen LogP contribution in [0.25, 0.3) is 0 Å². The zero-order chi connectivity index (χ0) is 9.19. The molecule has 0 atom stereocenters. The molecular weight excluding hydrogens is 156 g/mol. The highest BCUT2D eigenvalue weighted by Gasteiger charge is 2.24. The molecule has 1 aliphatic heterocycles. The van der Waals surface area contributed by atoms with Crippen molar-refractivity contribution in [1.82, 2.24) is 0 Å². The van der Waals surface area contributed by atoms with Crippen molar-refractivity contribution in [2.24, 2.45) is 0 Å². The predicted octanol–water partition coefficient (Wildman–Crippen LogP) is 1.63. The normalized spacial score (nSPS) is 21.1. The van der Waals surface area contributed by atoms with E-state index in [-0.39, 0.29) is 5.78 Å². The summed E-state index contributed by atoms with van der Waals surface area (Å²) in [6.07, 6.45) is 2.17. The number of hydrogen-bond donors (Lipinski definition) is 0. The highest BCUT2D eigenvalue weighted by molar-refractivity contribution is 5.77. The summed E-state index contributed by atoms with van der Waals surface area (Å²) in [5.41, 5.74) is 0. The van der Waals surface area contributed by atoms with Gasteiger partial charge in [0.1, 0.15) is 11.5 Å². The zero-order valence-electron chi connectivity index (χ0n) is 7.72. The molecule has 0 aromatic carbocycles. The van der Waals surface area contributed by atoms with Gasteiger partial charge in [-0.3, -0.25) is 4.79 Å². The van der Waals surface area contributed by atoms with E-state index < -0.39 is 5.79 Å². The quantitative estimate of drug-likeness (QED) is 0.632. The average Bonchev–Trinajstić information content (AvgIpc) is 1.82. The first-order chi connectivity index (χ1) is 5.49. The molecule has 1 aliphatic rings. The van der Waals surface area contributed by atoms with Gasteiger partial charge in [0.05, 0.1) is 13.0 Å². The Hall–Kier alpha value is -0.830. The number of ketones is 1. The van der Waals surface area contributed by atoms with Crippen LogP contribution in [0.4, 0.5) is 0 Å². The Morgan fingerprint density at radius 3 is 2.83 bits per heavy atom. The predicted molar refractivity (Wildman–Crippen MR) is 44.5 cm³/mol. The van der Waals surface area contributed by atoms with Gasteiger partial charge >= 0.3 is 0 Å². The molecular formula is C9H14O3. The van der Waals surface area contributed by atoms with E-state index in [4.69, 9.17) is 9.47 Å². The second-order valence-electron chi connectivity index (χ2n) is 3.36. The van der Waals surface area contributed by atoms with E-state index in [9.17, 15) is 4.79 Å². The fourth-order valence-corrected chi connectivity index (χ4v) is 1.08. The minimum Gasteiger partial charge on any atom is -0.467 e. The van der Waals surface area contributed by atoms with Gasteiger partial charge in [-0.15, -0.1) is 0 Å². The molecule has 0 fully saturated rings. The molecule has 3 nitrogen and oxygen atoms in total. The molecule has 0 bridgehead atoms. The lowest BCUT2D eigenvalue weighted by Crippen LogP contribution is -2.31. The zero-order valence-corrected chi connectivity index (χ0v) is 7.72. The molecule has 0 unspecified atom stereocenters. The van der Waals surface area contributed by atoms with Gasteiger partial charge in [0.25, 0.3) is 0 Å². The summed E-state index contributed by atoms with van der Waals surface area (Å²) in [5.74, 6) is 0.247. The monoisotopic (exact) mass is 170 g/mol. The van der Waals surface area contributed by atoms with Crippen LogP contribution in [0.2, 0.25) is 0 Å². The van der Waals surface area contributed by atoms with Crippen LogP contribution in [-0.2, 0) is 14.3 Å². The molecule has 0 saturated carbocycles. The van der Waals surface area contributed by atoms with Crippen molar-refractivity contribution in [3.8, 4) is 0 Å². The third-order valence-electron chi connectivity index (χ3n) is 1.54. The lowest BCUT2D eigenvalue weighted by Gasteiger charge is -2.31. The van der Waals surface area contributed by atoms with E-state index in [0.717, 1.165) is 5.76 Å². The Morgan fingerprint density at radius 1 is 1.67 bits per heavy atom. The number of carbonyl (C=O) groups excluding carboxylic acids is 1. The largest absolute Gasteiger partial charge is 0.467 e. The van der Waals surface area contributed by atoms with Crippen LogP contribution in [0, 0.1) is 0 Å². The third-order valence-corrected chi connectivity index (χ3v) is 1.54. The van der Waals surface area contributed by atoms with Gasteiger partial charge in [-0.2, -0.15) is 0 Å². The smallest absolute Gasteiger partial charge is 0.204 e. The molecule has 1 heterocycles. The number of Topliss-reactive ketones (excluding diaryl/α,β-unsaturated/α-hetero) is 1. The Bertz CT molecular complexity index is 216. The topological polar surface area (TPSA) is 35.5 Å². The molecule has 0 spiro atoms. The minimum absolute atomic E-state index is 0.110. The standard InChI is InChI=1S/C9H14O3/c1-7(10)6-8-4-5-11-9(2,3)12-8/h4H,5-6H2,1-3H3. The summed E-state index contributed by atoms with van der Waals surface area (Å²) in [4.78, 5) is 10.8. The van der Waals surface area contributed by atoms with E-state index in [2.05, 4.69) is 0 Å². The van der Waals surface area contributed by atoms with E-state index in [1.165, 1.54) is 0 Å². The van der Waals surface area contributed by atoms with Gasteiger partial charge in [0, 0.05) is 13.8 Å². The SMILES string of the molecule is CC(=O)CC1=CCOC(C)(C)O1. The van der Waals surface area contributed by atoms with Gasteiger partial charge in [0.2, 0.25) is 5.79 Å². The van der Waals surface area contributed by atoms with Crippen molar-refractivity contribution in [2.45, 2.75) is 33.0 Å². The van der Waals surface area contributed by atoms with Crippen molar-refractivity contribution in [3.05, 3.63) is 11.8 Å². The molecule has 68 valence electrons. The van der Waals surface area contributed by atoms with Crippen LogP contribution in [-0.4, -0.2) is 18.2 Å². The number of hydrogen-bond acceptors (Lipinski definition) is 3. The number of allylic oxidation sites excluding steroid dienone is 1. The fraction of sp³-hybridized carbons (Fsp3) is 0.667. The van der Waals surface area contributed by atoms with Crippen molar-refractivity contribution < 1.29 is 14.3 Å². The van der Waals surface area contributed by atoms with Gasteiger partial charge < -0.3 is 9.47 Å². The minimum atomic E-state index is -0.584. The first-order valence-electron chi connectivity index (χ1n) is 4.01. The van der Waals surface area contributed by atoms with Crippen LogP contribution in [0.5, 0.6) is 0 Å². The summed E-state index contributed by atoms with van der Waals surface area (Å²) >= 11 is 0. The summed E-state index contributed by atoms with van der Waals surface area (Å²) in [7, 11) is 0. The van der Waals surface area contributed by atoms with Crippen molar-refractivity contribution >= 4 is 5.78 Å². The first kappa shape index (κ1) is 9.26. The van der Waals surface area contributed by atoms with Crippen molar-refractivity contribution in [3.63, 3.8) is 0 Å². The maximum atomic E-state index is 10.8. The molecule has 0 saturated heterocycles. The van der Waals surface area contributed by atoms with Crippen LogP contribution in [0.3, 0.4) is 0 Å². The summed E-state index contributed by atoms with van der Waals surface area (Å²) in [5, 5.41) is 0. The maximum Gasteiger partial charge on any atom is 0.204 e.